The first kappa shape index (κ1) is 21.8. The van der Waals surface area contributed by atoms with E-state index < -0.39 is 5.91 Å². The highest BCUT2D eigenvalue weighted by Crippen LogP contribution is 2.35. The number of carbonyl (C=O) groups is 1. The second-order valence-corrected chi connectivity index (χ2v) is 9.19. The van der Waals surface area contributed by atoms with Gasteiger partial charge in [0.1, 0.15) is 4.60 Å². The van der Waals surface area contributed by atoms with Crippen molar-refractivity contribution in [2.45, 2.75) is 6.54 Å². The molecule has 13 heteroatoms. The van der Waals surface area contributed by atoms with Crippen LogP contribution in [0.25, 0.3) is 16.4 Å². The largest absolute Gasteiger partial charge is 0.326 e. The van der Waals surface area contributed by atoms with Gasteiger partial charge in [-0.15, -0.1) is 0 Å². The van der Waals surface area contributed by atoms with E-state index in [-0.39, 0.29) is 17.0 Å². The summed E-state index contributed by atoms with van der Waals surface area (Å²) in [6.07, 6.45) is 3.09. The number of nitrogens with one attached hydrogen (secondary N) is 2. The maximum Gasteiger partial charge on any atom is 0.322 e. The lowest BCUT2D eigenvalue weighted by Crippen LogP contribution is -2.15. The maximum atomic E-state index is 13.1. The van der Waals surface area contributed by atoms with Crippen molar-refractivity contribution < 1.29 is 4.79 Å². The van der Waals surface area contributed by atoms with Crippen LogP contribution in [0.2, 0.25) is 5.02 Å². The van der Waals surface area contributed by atoms with Gasteiger partial charge in [-0.1, -0.05) is 38.9 Å². The van der Waals surface area contributed by atoms with Crippen LogP contribution in [0, 0.1) is 0 Å². The topological polar surface area (TPSA) is 132 Å². The number of pyridine rings is 1. The molecular formula is C18H12Br2ClN7O2S. The molecule has 3 aromatic heterocycles. The number of benzene rings is 1. The quantitative estimate of drug-likeness (QED) is 0.325. The van der Waals surface area contributed by atoms with Gasteiger partial charge in [-0.25, -0.2) is 14.8 Å². The second-order valence-electron chi connectivity index (χ2n) is 6.15. The summed E-state index contributed by atoms with van der Waals surface area (Å²) in [5.74, 6) is -0.0523. The number of H-pyrrole nitrogens is 1. The molecule has 0 atom stereocenters. The Balaban J connectivity index is 1.74. The maximum absolute atomic E-state index is 13.1. The van der Waals surface area contributed by atoms with E-state index in [0.717, 1.165) is 15.8 Å². The van der Waals surface area contributed by atoms with E-state index in [9.17, 15) is 9.59 Å². The Morgan fingerprint density at radius 2 is 2.16 bits per heavy atom. The number of hydrogen-bond acceptors (Lipinski definition) is 7. The van der Waals surface area contributed by atoms with E-state index in [4.69, 9.17) is 17.3 Å². The molecule has 4 rings (SSSR count). The average Bonchev–Trinajstić information content (AvgIpc) is 3.34. The summed E-state index contributed by atoms with van der Waals surface area (Å²) in [6, 6.07) is 6.93. The van der Waals surface area contributed by atoms with E-state index in [0.29, 0.717) is 37.3 Å². The van der Waals surface area contributed by atoms with Crippen LogP contribution in [0.1, 0.15) is 15.9 Å². The van der Waals surface area contributed by atoms with Crippen LogP contribution in [0.15, 0.2) is 50.5 Å². The minimum Gasteiger partial charge on any atom is -0.326 e. The molecule has 0 aliphatic heterocycles. The van der Waals surface area contributed by atoms with Gasteiger partial charge in [-0.3, -0.25) is 9.59 Å². The lowest BCUT2D eigenvalue weighted by atomic mass is 10.1. The molecule has 0 aliphatic carbocycles. The summed E-state index contributed by atoms with van der Waals surface area (Å²) >= 11 is 13.9. The van der Waals surface area contributed by atoms with Gasteiger partial charge in [0.05, 0.1) is 16.3 Å². The molecule has 1 amide bonds. The van der Waals surface area contributed by atoms with Gasteiger partial charge >= 0.3 is 4.87 Å². The van der Waals surface area contributed by atoms with Gasteiger partial charge in [0, 0.05) is 29.0 Å². The normalized spacial score (nSPS) is 11.0. The summed E-state index contributed by atoms with van der Waals surface area (Å²) < 4.78 is 2.46. The van der Waals surface area contributed by atoms with Crippen LogP contribution in [-0.2, 0) is 6.54 Å². The number of amides is 1. The lowest BCUT2D eigenvalue weighted by Gasteiger charge is -2.14. The van der Waals surface area contributed by atoms with Crippen molar-refractivity contribution in [1.82, 2.24) is 25.0 Å². The molecule has 9 nitrogen and oxygen atoms in total. The Kier molecular flexibility index (Phi) is 6.34. The number of halogens is 3. The molecule has 4 aromatic rings. The third-order valence-electron chi connectivity index (χ3n) is 4.18. The SMILES string of the molecule is NCc1cc(Br)cc(-c2n[nH]c(=O)s2)c1NC(=O)c1cn(-c2ncccc2Cl)nc1Br. The third-order valence-corrected chi connectivity index (χ3v) is 6.30. The van der Waals surface area contributed by atoms with E-state index in [2.05, 4.69) is 57.5 Å². The highest BCUT2D eigenvalue weighted by atomic mass is 79.9. The highest BCUT2D eigenvalue weighted by molar-refractivity contribution is 9.10. The molecular weight excluding hydrogens is 574 g/mol. The number of hydrogen-bond donors (Lipinski definition) is 3. The first-order valence-electron chi connectivity index (χ1n) is 8.63. The first-order valence-corrected chi connectivity index (χ1v) is 11.4. The summed E-state index contributed by atoms with van der Waals surface area (Å²) in [7, 11) is 0. The standard InChI is InChI=1S/C18H12Br2ClN7O2S/c19-9-4-8(6-22)13(10(5-9)17-25-26-18(30)31-17)24-16(29)11-7-28(27-14(11)20)15-12(21)2-1-3-23-15/h1-5,7H,6,22H2,(H,24,29)(H,26,30). The van der Waals surface area contributed by atoms with Crippen molar-refractivity contribution in [3.63, 3.8) is 0 Å². The van der Waals surface area contributed by atoms with Crippen LogP contribution < -0.4 is 15.9 Å². The Morgan fingerprint density at radius 1 is 1.35 bits per heavy atom. The minimum atomic E-state index is -0.439. The molecule has 0 aliphatic rings. The zero-order valence-corrected chi connectivity index (χ0v) is 20.1. The third kappa shape index (κ3) is 4.48. The molecule has 0 radical (unpaired) electrons. The van der Waals surface area contributed by atoms with Gasteiger partial charge in [0.15, 0.2) is 10.8 Å². The molecule has 0 fully saturated rings. The smallest absolute Gasteiger partial charge is 0.322 e. The molecule has 0 unspecified atom stereocenters. The van der Waals surface area contributed by atoms with Gasteiger partial charge < -0.3 is 11.1 Å². The van der Waals surface area contributed by atoms with Crippen LogP contribution in [-0.4, -0.2) is 30.9 Å². The van der Waals surface area contributed by atoms with E-state index in [1.807, 2.05) is 0 Å². The Labute approximate surface area is 200 Å². The predicted octanol–water partition coefficient (Wildman–Crippen LogP) is 3.97. The lowest BCUT2D eigenvalue weighted by molar-refractivity contribution is 0.102. The van der Waals surface area contributed by atoms with Crippen molar-refractivity contribution in [2.75, 3.05) is 5.32 Å². The first-order chi connectivity index (χ1) is 14.9. The Morgan fingerprint density at radius 3 is 2.84 bits per heavy atom. The fourth-order valence-corrected chi connectivity index (χ4v) is 4.62. The molecule has 3 heterocycles. The Hall–Kier alpha value is -2.38. The van der Waals surface area contributed by atoms with Crippen molar-refractivity contribution in [2.24, 2.45) is 5.73 Å². The van der Waals surface area contributed by atoms with Crippen molar-refractivity contribution in [3.8, 4) is 16.4 Å². The zero-order chi connectivity index (χ0) is 22.1. The van der Waals surface area contributed by atoms with Gasteiger partial charge in [-0.2, -0.15) is 10.2 Å². The molecule has 0 bridgehead atoms. The molecule has 4 N–H and O–H groups in total. The summed E-state index contributed by atoms with van der Waals surface area (Å²) in [5.41, 5.74) is 7.84. The number of aromatic nitrogens is 5. The minimum absolute atomic E-state index is 0.158. The number of aromatic amines is 1. The van der Waals surface area contributed by atoms with Gasteiger partial charge in [-0.05, 0) is 45.8 Å². The molecule has 0 spiro atoms. The van der Waals surface area contributed by atoms with Crippen molar-refractivity contribution in [1.29, 1.82) is 0 Å². The van der Waals surface area contributed by atoms with Crippen LogP contribution in [0.4, 0.5) is 5.69 Å². The van der Waals surface area contributed by atoms with Crippen LogP contribution >= 0.6 is 54.8 Å². The molecule has 0 saturated heterocycles. The monoisotopic (exact) mass is 583 g/mol. The fraction of sp³-hybridized carbons (Fsp3) is 0.0556. The van der Waals surface area contributed by atoms with E-state index in [1.54, 1.807) is 30.5 Å². The summed E-state index contributed by atoms with van der Waals surface area (Å²) in [5, 5.41) is 14.4. The highest BCUT2D eigenvalue weighted by Gasteiger charge is 2.21. The summed E-state index contributed by atoms with van der Waals surface area (Å²) in [4.78, 5) is 28.6. The number of nitrogens with two attached hydrogens (primary N) is 1. The molecule has 1 aromatic carbocycles. The molecule has 31 heavy (non-hydrogen) atoms. The molecule has 158 valence electrons. The van der Waals surface area contributed by atoms with Gasteiger partial charge in [0.25, 0.3) is 5.91 Å². The molecule has 0 saturated carbocycles. The van der Waals surface area contributed by atoms with Crippen LogP contribution in [0.3, 0.4) is 0 Å². The van der Waals surface area contributed by atoms with Gasteiger partial charge in [0.2, 0.25) is 0 Å². The van der Waals surface area contributed by atoms with Crippen molar-refractivity contribution in [3.05, 3.63) is 71.6 Å². The predicted molar refractivity (Wildman–Crippen MR) is 126 cm³/mol. The fourth-order valence-electron chi connectivity index (χ4n) is 2.83. The summed E-state index contributed by atoms with van der Waals surface area (Å²) in [6.45, 7) is 0.158. The number of rotatable bonds is 5. The average molecular weight is 586 g/mol. The van der Waals surface area contributed by atoms with Crippen LogP contribution in [0.5, 0.6) is 0 Å². The zero-order valence-electron chi connectivity index (χ0n) is 15.4. The Bertz CT molecular complexity index is 1350. The number of carbonyl (C=O) groups excluding carboxylic acids is 1. The van der Waals surface area contributed by atoms with E-state index >= 15 is 0 Å². The van der Waals surface area contributed by atoms with Crippen molar-refractivity contribution >= 4 is 66.4 Å². The number of anilines is 1. The van der Waals surface area contributed by atoms with E-state index in [1.165, 1.54) is 10.9 Å². The second kappa shape index (κ2) is 9.01. The number of nitrogens with zero attached hydrogens (tertiary/aromatic N) is 4.